The summed E-state index contributed by atoms with van der Waals surface area (Å²) in [4.78, 5) is 61.7. The molecule has 0 aliphatic carbocycles. The van der Waals surface area contributed by atoms with Gasteiger partial charge in [0.2, 0.25) is 5.91 Å². The summed E-state index contributed by atoms with van der Waals surface area (Å²) >= 11 is 19.1. The van der Waals surface area contributed by atoms with E-state index in [1.54, 1.807) is 60.1 Å². The van der Waals surface area contributed by atoms with Crippen LogP contribution in [-0.2, 0) is 24.6 Å². The van der Waals surface area contributed by atoms with E-state index < -0.39 is 33.0 Å². The molecule has 5 aromatic carbocycles. The number of amides is 3. The molecule has 3 amide bonds. The average molecular weight is 1080 g/mol. The van der Waals surface area contributed by atoms with Crippen molar-refractivity contribution in [3.63, 3.8) is 0 Å². The summed E-state index contributed by atoms with van der Waals surface area (Å²) in [6, 6.07) is 30.0. The SMILES string of the molecule is CCC(CC)(NC(=O)c1nn(-c2ccc(Cl)cc2Cl)c(-c2ccc(Cl)cc2)c1C)C(=O)NCCOCCOCCNC(=O)c1ccc2c(c1)C1(OC2=O)c2ccc(N(C)C)cc2S(C)(C)c2cc(N(C)C)ccc21. The zero-order valence-electron chi connectivity index (χ0n) is 43.1. The number of fused-ring (bicyclic) bond motifs is 6. The van der Waals surface area contributed by atoms with Gasteiger partial charge in [0.1, 0.15) is 5.54 Å². The molecule has 8 rings (SSSR count). The molecule has 0 atom stereocenters. The minimum Gasteiger partial charge on any atom is -0.440 e. The largest absolute Gasteiger partial charge is 0.440 e. The first-order chi connectivity index (χ1) is 35.3. The Bertz CT molecular complexity index is 3080. The maximum Gasteiger partial charge on any atom is 0.340 e. The van der Waals surface area contributed by atoms with Gasteiger partial charge in [0.05, 0.1) is 48.4 Å². The second-order valence-electron chi connectivity index (χ2n) is 19.1. The number of anilines is 2. The second-order valence-corrected chi connectivity index (χ2v) is 23.9. The van der Waals surface area contributed by atoms with Crippen molar-refractivity contribution in [2.75, 3.05) is 90.0 Å². The van der Waals surface area contributed by atoms with Crippen LogP contribution in [0.15, 0.2) is 107 Å². The molecule has 0 bridgehead atoms. The van der Waals surface area contributed by atoms with Crippen LogP contribution in [0.4, 0.5) is 11.4 Å². The fourth-order valence-electron chi connectivity index (χ4n) is 9.71. The van der Waals surface area contributed by atoms with Crippen molar-refractivity contribution in [3.8, 4) is 16.9 Å². The molecular formula is C56H62Cl3N7O7S. The molecule has 3 N–H and O–H groups in total. The predicted molar refractivity (Wildman–Crippen MR) is 296 cm³/mol. The van der Waals surface area contributed by atoms with E-state index in [1.807, 2.05) is 54.2 Å². The van der Waals surface area contributed by atoms with Gasteiger partial charge in [-0.05, 0) is 105 Å². The predicted octanol–water partition coefficient (Wildman–Crippen LogP) is 10.1. The van der Waals surface area contributed by atoms with Gasteiger partial charge in [-0.2, -0.15) is 15.1 Å². The molecule has 1 spiro atoms. The standard InChI is InChI=1S/C56H62Cl3N7O7S/c1-10-55(11-2,62-52(68)49-34(3)50(35-12-15-37(57)16-13-35)66(63-49)46-23-17-38(58)31-45(46)59)54(70)61-25-27-72-29-28-71-26-24-60-51(67)36-14-20-41-44(30-36)56(73-53(41)69)42-21-18-39(64(4)5)32-47(42)74(8,9)48-33-40(65(6)7)19-22-43(48)56/h12-23,30-33H,10-11,24-29H2,1-9H3,(H,60,67)(H,61,70)(H,62,68). The van der Waals surface area contributed by atoms with Crippen molar-refractivity contribution in [1.29, 1.82) is 0 Å². The number of aromatic nitrogens is 2. The van der Waals surface area contributed by atoms with Crippen LogP contribution in [0, 0.1) is 6.92 Å². The van der Waals surface area contributed by atoms with E-state index >= 15 is 0 Å². The quantitative estimate of drug-likeness (QED) is 0.0527. The van der Waals surface area contributed by atoms with E-state index in [-0.39, 0.29) is 57.0 Å². The fourth-order valence-corrected chi connectivity index (χ4v) is 12.9. The van der Waals surface area contributed by atoms with Crippen molar-refractivity contribution in [2.45, 2.75) is 54.5 Å². The highest BCUT2D eigenvalue weighted by Crippen LogP contribution is 2.69. The Morgan fingerprint density at radius 1 is 0.716 bits per heavy atom. The van der Waals surface area contributed by atoms with Gasteiger partial charge in [-0.1, -0.05) is 72.9 Å². The summed E-state index contributed by atoms with van der Waals surface area (Å²) < 4.78 is 19.7. The molecule has 3 heterocycles. The zero-order valence-corrected chi connectivity index (χ0v) is 46.2. The van der Waals surface area contributed by atoms with Crippen molar-refractivity contribution < 1.29 is 33.4 Å². The topological polar surface area (TPSA) is 156 Å². The maximum absolute atomic E-state index is 14.1. The monoisotopic (exact) mass is 1080 g/mol. The van der Waals surface area contributed by atoms with Crippen molar-refractivity contribution in [3.05, 3.63) is 151 Å². The van der Waals surface area contributed by atoms with Gasteiger partial charge in [0.25, 0.3) is 11.8 Å². The first-order valence-electron chi connectivity index (χ1n) is 24.4. The zero-order chi connectivity index (χ0) is 53.3. The molecule has 6 aromatic rings. The Balaban J connectivity index is 0.847. The normalized spacial score (nSPS) is 14.4. The lowest BCUT2D eigenvalue weighted by molar-refractivity contribution is -0.128. The molecule has 74 heavy (non-hydrogen) atoms. The van der Waals surface area contributed by atoms with Crippen LogP contribution in [0.5, 0.6) is 0 Å². The van der Waals surface area contributed by atoms with Gasteiger partial charge in [-0.25, -0.2) is 9.48 Å². The second kappa shape index (κ2) is 22.0. The Morgan fingerprint density at radius 3 is 1.86 bits per heavy atom. The first kappa shape index (κ1) is 54.2. The number of carbonyl (C=O) groups is 4. The van der Waals surface area contributed by atoms with Gasteiger partial charge in [0, 0.05) is 106 Å². The van der Waals surface area contributed by atoms with E-state index in [2.05, 4.69) is 74.7 Å². The lowest BCUT2D eigenvalue weighted by atomic mass is 9.78. The first-order valence-corrected chi connectivity index (χ1v) is 28.0. The number of hydrogen-bond acceptors (Lipinski definition) is 10. The lowest BCUT2D eigenvalue weighted by Gasteiger charge is -2.47. The number of hydrogen-bond donors (Lipinski definition) is 3. The van der Waals surface area contributed by atoms with Crippen LogP contribution >= 0.6 is 44.8 Å². The van der Waals surface area contributed by atoms with Crippen LogP contribution in [0.2, 0.25) is 15.1 Å². The number of carbonyl (C=O) groups excluding carboxylic acids is 4. The van der Waals surface area contributed by atoms with Gasteiger partial charge in [-0.3, -0.25) is 14.4 Å². The third kappa shape index (κ3) is 10.2. The Labute approximate surface area is 449 Å². The fraction of sp³-hybridized carbons (Fsp3) is 0.339. The molecular weight excluding hydrogens is 1020 g/mol. The average Bonchev–Trinajstić information content (AvgIpc) is 3.88. The van der Waals surface area contributed by atoms with Crippen LogP contribution in [0.1, 0.15) is 80.1 Å². The Morgan fingerprint density at radius 2 is 1.30 bits per heavy atom. The highest BCUT2D eigenvalue weighted by Gasteiger charge is 2.55. The van der Waals surface area contributed by atoms with Crippen molar-refractivity contribution in [1.82, 2.24) is 25.7 Å². The van der Waals surface area contributed by atoms with Gasteiger partial charge in [0.15, 0.2) is 11.3 Å². The number of halogens is 3. The molecule has 1 aromatic heterocycles. The molecule has 0 unspecified atom stereocenters. The molecule has 0 saturated carbocycles. The highest BCUT2D eigenvalue weighted by molar-refractivity contribution is 8.32. The third-order valence-electron chi connectivity index (χ3n) is 14.0. The number of ether oxygens (including phenoxy) is 3. The number of nitrogens with one attached hydrogen (secondary N) is 3. The number of nitrogens with zero attached hydrogens (tertiary/aromatic N) is 4. The minimum atomic E-state index is -1.58. The minimum absolute atomic E-state index is 0.132. The molecule has 0 fully saturated rings. The third-order valence-corrected chi connectivity index (χ3v) is 17.6. The summed E-state index contributed by atoms with van der Waals surface area (Å²) in [6.45, 7) is 6.83. The summed E-state index contributed by atoms with van der Waals surface area (Å²) in [5, 5.41) is 14.9. The van der Waals surface area contributed by atoms with E-state index in [0.29, 0.717) is 61.5 Å². The Kier molecular flexibility index (Phi) is 16.1. The van der Waals surface area contributed by atoms with E-state index in [0.717, 1.165) is 37.9 Å². The van der Waals surface area contributed by atoms with Gasteiger partial charge >= 0.3 is 5.97 Å². The molecule has 390 valence electrons. The van der Waals surface area contributed by atoms with Crippen LogP contribution in [0.3, 0.4) is 0 Å². The van der Waals surface area contributed by atoms with Crippen molar-refractivity contribution in [2.24, 2.45) is 0 Å². The maximum atomic E-state index is 14.1. The number of benzene rings is 5. The molecule has 2 aliphatic rings. The van der Waals surface area contributed by atoms with E-state index in [9.17, 15) is 19.2 Å². The summed E-state index contributed by atoms with van der Waals surface area (Å²) in [6.07, 6.45) is 5.20. The summed E-state index contributed by atoms with van der Waals surface area (Å²) in [5.74, 6) is -1.62. The lowest BCUT2D eigenvalue weighted by Crippen LogP contribution is -2.58. The van der Waals surface area contributed by atoms with E-state index in [1.165, 1.54) is 0 Å². The molecule has 0 saturated heterocycles. The molecule has 18 heteroatoms. The van der Waals surface area contributed by atoms with Gasteiger partial charge < -0.3 is 40.0 Å². The molecule has 2 aliphatic heterocycles. The molecule has 0 radical (unpaired) electrons. The summed E-state index contributed by atoms with van der Waals surface area (Å²) in [5.41, 5.74) is 5.49. The Hall–Kier alpha value is -6.07. The smallest absolute Gasteiger partial charge is 0.340 e. The van der Waals surface area contributed by atoms with Crippen molar-refractivity contribution >= 4 is 79.9 Å². The number of esters is 1. The summed E-state index contributed by atoms with van der Waals surface area (Å²) in [7, 11) is 6.47. The van der Waals surface area contributed by atoms with Crippen LogP contribution < -0.4 is 25.8 Å². The van der Waals surface area contributed by atoms with Crippen LogP contribution in [0.25, 0.3) is 16.9 Å². The van der Waals surface area contributed by atoms with Gasteiger partial charge in [-0.15, -0.1) is 0 Å². The van der Waals surface area contributed by atoms with Crippen LogP contribution in [-0.4, -0.2) is 119 Å². The highest BCUT2D eigenvalue weighted by atomic mass is 35.5. The molecule has 14 nitrogen and oxygen atoms in total. The number of rotatable bonds is 19. The van der Waals surface area contributed by atoms with E-state index in [4.69, 9.17) is 54.1 Å².